The number of aromatic nitrogens is 2. The predicted molar refractivity (Wildman–Crippen MR) is 55.7 cm³/mol. The number of carboxylic acids is 1. The Hall–Kier alpha value is -2.14. The Morgan fingerprint density at radius 1 is 1.25 bits per heavy atom. The Morgan fingerprint density at radius 2 is 1.94 bits per heavy atom. The summed E-state index contributed by atoms with van der Waals surface area (Å²) < 4.78 is 0. The van der Waals surface area contributed by atoms with Crippen LogP contribution in [-0.2, 0) is 10.4 Å². The molecule has 0 fully saturated rings. The lowest BCUT2D eigenvalue weighted by Crippen LogP contribution is -2.37. The Kier molecular flexibility index (Phi) is 2.46. The number of rotatable bonds is 3. The number of carboxylic acid groups (broad SMARTS) is 1. The molecule has 0 saturated heterocycles. The Balaban J connectivity index is 2.58. The SMILES string of the molecule is O=C(O)C(O)(c1ccccc1)c1ccn[nH]1. The fourth-order valence-electron chi connectivity index (χ4n) is 1.53. The summed E-state index contributed by atoms with van der Waals surface area (Å²) in [5.74, 6) is -1.34. The van der Waals surface area contributed by atoms with Crippen molar-refractivity contribution in [2.24, 2.45) is 0 Å². The zero-order valence-electron chi connectivity index (χ0n) is 8.29. The van der Waals surface area contributed by atoms with E-state index in [2.05, 4.69) is 10.2 Å². The van der Waals surface area contributed by atoms with Crippen LogP contribution in [0.15, 0.2) is 42.6 Å². The highest BCUT2D eigenvalue weighted by Gasteiger charge is 2.41. The number of H-pyrrole nitrogens is 1. The van der Waals surface area contributed by atoms with E-state index in [-0.39, 0.29) is 11.3 Å². The minimum atomic E-state index is -2.09. The standard InChI is InChI=1S/C11H10N2O3/c14-10(15)11(16,9-6-7-12-13-9)8-4-2-1-3-5-8/h1-7,16H,(H,12,13)(H,14,15). The number of aromatic amines is 1. The van der Waals surface area contributed by atoms with Crippen molar-refractivity contribution < 1.29 is 15.0 Å². The van der Waals surface area contributed by atoms with E-state index in [1.165, 1.54) is 12.3 Å². The minimum Gasteiger partial charge on any atom is -0.479 e. The van der Waals surface area contributed by atoms with Gasteiger partial charge in [0.1, 0.15) is 0 Å². The summed E-state index contributed by atoms with van der Waals surface area (Å²) >= 11 is 0. The van der Waals surface area contributed by atoms with Crippen molar-refractivity contribution in [2.45, 2.75) is 5.60 Å². The van der Waals surface area contributed by atoms with E-state index in [1.54, 1.807) is 30.3 Å². The largest absolute Gasteiger partial charge is 0.479 e. The van der Waals surface area contributed by atoms with Crippen LogP contribution in [0.25, 0.3) is 0 Å². The highest BCUT2D eigenvalue weighted by Crippen LogP contribution is 2.27. The molecule has 1 aromatic heterocycles. The molecule has 1 unspecified atom stereocenters. The van der Waals surface area contributed by atoms with Gasteiger partial charge >= 0.3 is 5.97 Å². The lowest BCUT2D eigenvalue weighted by molar-refractivity contribution is -0.155. The first-order valence-corrected chi connectivity index (χ1v) is 4.67. The predicted octanol–water partition coefficient (Wildman–Crippen LogP) is 0.730. The first-order chi connectivity index (χ1) is 7.65. The van der Waals surface area contributed by atoms with E-state index >= 15 is 0 Å². The van der Waals surface area contributed by atoms with Crippen molar-refractivity contribution >= 4 is 5.97 Å². The fraction of sp³-hybridized carbons (Fsp3) is 0.0909. The van der Waals surface area contributed by atoms with Gasteiger partial charge in [-0.15, -0.1) is 0 Å². The summed E-state index contributed by atoms with van der Waals surface area (Å²) in [5.41, 5.74) is -1.67. The van der Waals surface area contributed by atoms with Crippen LogP contribution in [-0.4, -0.2) is 26.4 Å². The molecule has 2 aromatic rings. The topological polar surface area (TPSA) is 86.2 Å². The molecule has 0 saturated carbocycles. The molecule has 0 spiro atoms. The molecular formula is C11H10N2O3. The van der Waals surface area contributed by atoms with Gasteiger partial charge in [-0.05, 0) is 6.07 Å². The van der Waals surface area contributed by atoms with E-state index in [1.807, 2.05) is 0 Å². The molecule has 16 heavy (non-hydrogen) atoms. The van der Waals surface area contributed by atoms with E-state index < -0.39 is 11.6 Å². The molecule has 2 rings (SSSR count). The third-order valence-electron chi connectivity index (χ3n) is 2.39. The molecule has 0 aliphatic carbocycles. The molecule has 0 bridgehead atoms. The molecule has 0 aliphatic rings. The second kappa shape index (κ2) is 3.79. The summed E-state index contributed by atoms with van der Waals surface area (Å²) in [6, 6.07) is 9.61. The van der Waals surface area contributed by atoms with Gasteiger partial charge < -0.3 is 10.2 Å². The van der Waals surface area contributed by atoms with Gasteiger partial charge in [0, 0.05) is 11.8 Å². The Morgan fingerprint density at radius 3 is 2.44 bits per heavy atom. The third-order valence-corrected chi connectivity index (χ3v) is 2.39. The van der Waals surface area contributed by atoms with Gasteiger partial charge in [0.15, 0.2) is 0 Å². The molecule has 1 heterocycles. The summed E-state index contributed by atoms with van der Waals surface area (Å²) in [7, 11) is 0. The summed E-state index contributed by atoms with van der Waals surface area (Å²) in [4.78, 5) is 11.2. The van der Waals surface area contributed by atoms with Crippen LogP contribution in [0, 0.1) is 0 Å². The number of hydrogen-bond acceptors (Lipinski definition) is 3. The molecule has 0 amide bonds. The maximum atomic E-state index is 11.2. The van der Waals surface area contributed by atoms with Crippen LogP contribution >= 0.6 is 0 Å². The molecule has 5 heteroatoms. The van der Waals surface area contributed by atoms with E-state index in [0.717, 1.165) is 0 Å². The van der Waals surface area contributed by atoms with Crippen LogP contribution in [0.1, 0.15) is 11.3 Å². The van der Waals surface area contributed by atoms with Gasteiger partial charge in [-0.3, -0.25) is 5.10 Å². The Labute approximate surface area is 91.4 Å². The molecule has 0 radical (unpaired) electrons. The van der Waals surface area contributed by atoms with Crippen molar-refractivity contribution in [1.29, 1.82) is 0 Å². The number of aliphatic hydroxyl groups is 1. The number of nitrogens with one attached hydrogen (secondary N) is 1. The van der Waals surface area contributed by atoms with Gasteiger partial charge in [-0.25, -0.2) is 4.79 Å². The van der Waals surface area contributed by atoms with Gasteiger partial charge in [-0.2, -0.15) is 5.10 Å². The Bertz CT molecular complexity index is 481. The third kappa shape index (κ3) is 1.47. The van der Waals surface area contributed by atoms with Crippen molar-refractivity contribution in [3.05, 3.63) is 53.9 Å². The smallest absolute Gasteiger partial charge is 0.346 e. The summed E-state index contributed by atoms with van der Waals surface area (Å²) in [5, 5.41) is 25.5. The van der Waals surface area contributed by atoms with Crippen LogP contribution in [0.2, 0.25) is 0 Å². The summed E-state index contributed by atoms with van der Waals surface area (Å²) in [6.45, 7) is 0. The lowest BCUT2D eigenvalue weighted by atomic mass is 9.91. The maximum Gasteiger partial charge on any atom is 0.346 e. The lowest BCUT2D eigenvalue weighted by Gasteiger charge is -2.22. The molecule has 5 nitrogen and oxygen atoms in total. The normalized spacial score (nSPS) is 14.3. The maximum absolute atomic E-state index is 11.2. The van der Waals surface area contributed by atoms with E-state index in [0.29, 0.717) is 0 Å². The molecule has 82 valence electrons. The number of hydrogen-bond donors (Lipinski definition) is 3. The average molecular weight is 218 g/mol. The van der Waals surface area contributed by atoms with E-state index in [9.17, 15) is 9.90 Å². The van der Waals surface area contributed by atoms with Crippen molar-refractivity contribution in [3.8, 4) is 0 Å². The van der Waals surface area contributed by atoms with Crippen molar-refractivity contribution in [2.75, 3.05) is 0 Å². The molecular weight excluding hydrogens is 208 g/mol. The highest BCUT2D eigenvalue weighted by atomic mass is 16.4. The van der Waals surface area contributed by atoms with Gasteiger partial charge in [0.2, 0.25) is 5.60 Å². The number of nitrogens with zero attached hydrogens (tertiary/aromatic N) is 1. The van der Waals surface area contributed by atoms with Crippen LogP contribution in [0.4, 0.5) is 0 Å². The van der Waals surface area contributed by atoms with Crippen molar-refractivity contribution in [3.63, 3.8) is 0 Å². The first kappa shape index (κ1) is 10.4. The monoisotopic (exact) mass is 218 g/mol. The number of carbonyl (C=O) groups is 1. The molecule has 1 aromatic carbocycles. The first-order valence-electron chi connectivity index (χ1n) is 4.67. The zero-order chi connectivity index (χ0) is 11.6. The van der Waals surface area contributed by atoms with Crippen LogP contribution in [0.5, 0.6) is 0 Å². The van der Waals surface area contributed by atoms with Gasteiger partial charge in [-0.1, -0.05) is 30.3 Å². The second-order valence-corrected chi connectivity index (χ2v) is 3.35. The second-order valence-electron chi connectivity index (χ2n) is 3.35. The number of benzene rings is 1. The average Bonchev–Trinajstić information content (AvgIpc) is 2.82. The zero-order valence-corrected chi connectivity index (χ0v) is 8.29. The van der Waals surface area contributed by atoms with Crippen molar-refractivity contribution in [1.82, 2.24) is 10.2 Å². The summed E-state index contributed by atoms with van der Waals surface area (Å²) in [6.07, 6.45) is 1.40. The molecule has 3 N–H and O–H groups in total. The minimum absolute atomic E-state index is 0.131. The fourth-order valence-corrected chi connectivity index (χ4v) is 1.53. The van der Waals surface area contributed by atoms with Gasteiger partial charge in [0.05, 0.1) is 5.69 Å². The molecule has 1 atom stereocenters. The number of aliphatic carboxylic acids is 1. The van der Waals surface area contributed by atoms with Crippen LogP contribution < -0.4 is 0 Å². The quantitative estimate of drug-likeness (QED) is 0.708. The van der Waals surface area contributed by atoms with Crippen LogP contribution in [0.3, 0.4) is 0 Å². The van der Waals surface area contributed by atoms with E-state index in [4.69, 9.17) is 5.11 Å². The highest BCUT2D eigenvalue weighted by molar-refractivity contribution is 5.82. The molecule has 0 aliphatic heterocycles. The van der Waals surface area contributed by atoms with Gasteiger partial charge in [0.25, 0.3) is 0 Å².